The molecule has 0 spiro atoms. The molecule has 0 amide bonds. The summed E-state index contributed by atoms with van der Waals surface area (Å²) in [5.41, 5.74) is 5.36. The molecule has 1 aliphatic heterocycles. The standard InChI is InChI=1S/C11H17N5O3/c1-3-18-10(19-4-2)6-5-13-8-7(14-6)9(17)16-11(12)15-8/h5-6,10,14H,3-4H2,1-2H3,(H3,12,15,16,17). The first-order valence-electron chi connectivity index (χ1n) is 6.09. The molecule has 0 saturated heterocycles. The number of rotatable bonds is 5. The molecule has 0 bridgehead atoms. The Hall–Kier alpha value is -1.93. The average molecular weight is 267 g/mol. The van der Waals surface area contributed by atoms with E-state index < -0.39 is 6.29 Å². The number of nitrogens with one attached hydrogen (secondary N) is 2. The Morgan fingerprint density at radius 3 is 2.74 bits per heavy atom. The molecule has 8 nitrogen and oxygen atoms in total. The van der Waals surface area contributed by atoms with Crippen LogP contribution >= 0.6 is 0 Å². The summed E-state index contributed by atoms with van der Waals surface area (Å²) in [5, 5.41) is 3.00. The summed E-state index contributed by atoms with van der Waals surface area (Å²) < 4.78 is 10.9. The van der Waals surface area contributed by atoms with Crippen molar-refractivity contribution in [2.75, 3.05) is 24.3 Å². The van der Waals surface area contributed by atoms with Gasteiger partial charge in [-0.05, 0) is 13.8 Å². The predicted molar refractivity (Wildman–Crippen MR) is 71.9 cm³/mol. The molecule has 1 atom stereocenters. The second-order valence-corrected chi connectivity index (χ2v) is 3.88. The molecule has 0 radical (unpaired) electrons. The second-order valence-electron chi connectivity index (χ2n) is 3.88. The molecule has 2 rings (SSSR count). The summed E-state index contributed by atoms with van der Waals surface area (Å²) in [7, 11) is 0. The smallest absolute Gasteiger partial charge is 0.277 e. The van der Waals surface area contributed by atoms with Crippen molar-refractivity contribution in [1.82, 2.24) is 9.97 Å². The molecule has 4 N–H and O–H groups in total. The van der Waals surface area contributed by atoms with Crippen LogP contribution in [-0.2, 0) is 9.47 Å². The summed E-state index contributed by atoms with van der Waals surface area (Å²) in [5.74, 6) is 0.302. The van der Waals surface area contributed by atoms with Crippen molar-refractivity contribution in [2.24, 2.45) is 4.99 Å². The van der Waals surface area contributed by atoms with Gasteiger partial charge in [-0.2, -0.15) is 4.98 Å². The first kappa shape index (κ1) is 13.5. The molecular formula is C11H17N5O3. The Kier molecular flexibility index (Phi) is 4.13. The summed E-state index contributed by atoms with van der Waals surface area (Å²) >= 11 is 0. The molecular weight excluding hydrogens is 250 g/mol. The first-order chi connectivity index (χ1) is 9.15. The fourth-order valence-electron chi connectivity index (χ4n) is 1.78. The van der Waals surface area contributed by atoms with E-state index in [1.807, 2.05) is 13.8 Å². The Bertz CT molecular complexity index is 522. The minimum atomic E-state index is -0.510. The lowest BCUT2D eigenvalue weighted by molar-refractivity contribution is -0.134. The zero-order valence-corrected chi connectivity index (χ0v) is 10.8. The number of nitrogen functional groups attached to an aromatic ring is 1. The number of nitrogens with two attached hydrogens (primary N) is 1. The van der Waals surface area contributed by atoms with Crippen LogP contribution in [0.15, 0.2) is 9.79 Å². The predicted octanol–water partition coefficient (Wildman–Crippen LogP) is 0.248. The molecule has 0 aliphatic carbocycles. The Morgan fingerprint density at radius 2 is 2.11 bits per heavy atom. The van der Waals surface area contributed by atoms with E-state index in [9.17, 15) is 4.79 Å². The highest BCUT2D eigenvalue weighted by molar-refractivity contribution is 5.81. The largest absolute Gasteiger partial charge is 0.369 e. The molecule has 1 aromatic rings. The van der Waals surface area contributed by atoms with Crippen molar-refractivity contribution >= 4 is 23.7 Å². The number of fused-ring (bicyclic) bond motifs is 1. The van der Waals surface area contributed by atoms with Crippen LogP contribution in [0.4, 0.5) is 17.5 Å². The molecule has 19 heavy (non-hydrogen) atoms. The van der Waals surface area contributed by atoms with E-state index in [2.05, 4.69) is 20.3 Å². The van der Waals surface area contributed by atoms with Crippen molar-refractivity contribution in [3.63, 3.8) is 0 Å². The normalized spacial score (nSPS) is 17.3. The minimum Gasteiger partial charge on any atom is -0.369 e. The minimum absolute atomic E-state index is 0.0346. The van der Waals surface area contributed by atoms with Gasteiger partial charge in [0.2, 0.25) is 5.95 Å². The maximum absolute atomic E-state index is 11.8. The van der Waals surface area contributed by atoms with Gasteiger partial charge in [-0.25, -0.2) is 4.99 Å². The number of hydrogen-bond donors (Lipinski definition) is 3. The van der Waals surface area contributed by atoms with E-state index in [0.717, 1.165) is 0 Å². The fourth-order valence-corrected chi connectivity index (χ4v) is 1.78. The van der Waals surface area contributed by atoms with E-state index >= 15 is 0 Å². The maximum Gasteiger partial charge on any atom is 0.277 e. The SMILES string of the molecule is CCOC(OCC)C1C=Nc2nc(N)[nH]c(=O)c2N1. The highest BCUT2D eigenvalue weighted by atomic mass is 16.7. The van der Waals surface area contributed by atoms with Gasteiger partial charge in [-0.1, -0.05) is 0 Å². The van der Waals surface area contributed by atoms with Gasteiger partial charge in [0, 0.05) is 19.4 Å². The molecule has 0 saturated carbocycles. The van der Waals surface area contributed by atoms with Crippen LogP contribution in [0.5, 0.6) is 0 Å². The van der Waals surface area contributed by atoms with Crippen LogP contribution in [-0.4, -0.2) is 41.7 Å². The quantitative estimate of drug-likeness (QED) is 0.659. The Labute approximate surface area is 110 Å². The van der Waals surface area contributed by atoms with E-state index in [-0.39, 0.29) is 29.1 Å². The highest BCUT2D eigenvalue weighted by Crippen LogP contribution is 2.23. The monoisotopic (exact) mass is 267 g/mol. The van der Waals surface area contributed by atoms with Gasteiger partial charge in [0.05, 0.1) is 0 Å². The molecule has 104 valence electrons. The van der Waals surface area contributed by atoms with Crippen LogP contribution in [0, 0.1) is 0 Å². The summed E-state index contributed by atoms with van der Waals surface area (Å²) in [6, 6.07) is -0.348. The maximum atomic E-state index is 11.8. The summed E-state index contributed by atoms with van der Waals surface area (Å²) in [6.45, 7) is 4.74. The number of aromatic nitrogens is 2. The van der Waals surface area contributed by atoms with Crippen LogP contribution in [0.25, 0.3) is 0 Å². The van der Waals surface area contributed by atoms with Gasteiger partial charge >= 0.3 is 0 Å². The average Bonchev–Trinajstić information content (AvgIpc) is 2.38. The molecule has 1 aromatic heterocycles. The van der Waals surface area contributed by atoms with Crippen molar-refractivity contribution in [3.05, 3.63) is 10.4 Å². The van der Waals surface area contributed by atoms with Crippen LogP contribution < -0.4 is 16.6 Å². The molecule has 0 aromatic carbocycles. The van der Waals surface area contributed by atoms with E-state index in [0.29, 0.717) is 13.2 Å². The number of aliphatic imine (C=N–C) groups is 1. The number of hydrogen-bond acceptors (Lipinski definition) is 7. The third kappa shape index (κ3) is 2.91. The van der Waals surface area contributed by atoms with Gasteiger partial charge in [0.1, 0.15) is 11.7 Å². The zero-order chi connectivity index (χ0) is 13.8. The van der Waals surface area contributed by atoms with E-state index in [4.69, 9.17) is 15.2 Å². The summed E-state index contributed by atoms with van der Waals surface area (Å²) in [4.78, 5) is 22.3. The Balaban J connectivity index is 2.24. The fraction of sp³-hybridized carbons (Fsp3) is 0.545. The number of H-pyrrole nitrogens is 1. The van der Waals surface area contributed by atoms with Gasteiger partial charge in [-0.15, -0.1) is 0 Å². The van der Waals surface area contributed by atoms with Crippen molar-refractivity contribution < 1.29 is 9.47 Å². The molecule has 8 heteroatoms. The van der Waals surface area contributed by atoms with E-state index in [1.165, 1.54) is 0 Å². The zero-order valence-electron chi connectivity index (χ0n) is 10.8. The van der Waals surface area contributed by atoms with Gasteiger partial charge < -0.3 is 20.5 Å². The van der Waals surface area contributed by atoms with Crippen LogP contribution in [0.2, 0.25) is 0 Å². The molecule has 2 heterocycles. The number of anilines is 2. The van der Waals surface area contributed by atoms with Crippen LogP contribution in [0.3, 0.4) is 0 Å². The van der Waals surface area contributed by atoms with Crippen molar-refractivity contribution in [1.29, 1.82) is 0 Å². The molecule has 1 aliphatic rings. The first-order valence-corrected chi connectivity index (χ1v) is 6.09. The summed E-state index contributed by atoms with van der Waals surface area (Å²) in [6.07, 6.45) is 1.09. The van der Waals surface area contributed by atoms with Gasteiger partial charge in [0.25, 0.3) is 5.56 Å². The third-order valence-corrected chi connectivity index (χ3v) is 2.54. The van der Waals surface area contributed by atoms with Gasteiger partial charge in [0.15, 0.2) is 12.1 Å². The highest BCUT2D eigenvalue weighted by Gasteiger charge is 2.26. The Morgan fingerprint density at radius 1 is 1.42 bits per heavy atom. The molecule has 1 unspecified atom stereocenters. The number of aromatic amines is 1. The van der Waals surface area contributed by atoms with Gasteiger partial charge in [-0.3, -0.25) is 9.78 Å². The number of ether oxygens (including phenoxy) is 2. The third-order valence-electron chi connectivity index (χ3n) is 2.54. The van der Waals surface area contributed by atoms with Crippen LogP contribution in [0.1, 0.15) is 13.8 Å². The van der Waals surface area contributed by atoms with Crippen molar-refractivity contribution in [2.45, 2.75) is 26.2 Å². The lowest BCUT2D eigenvalue weighted by atomic mass is 10.2. The second kappa shape index (κ2) is 5.81. The van der Waals surface area contributed by atoms with E-state index in [1.54, 1.807) is 6.21 Å². The lowest BCUT2D eigenvalue weighted by Crippen LogP contribution is -2.42. The lowest BCUT2D eigenvalue weighted by Gasteiger charge is -2.27. The number of nitrogens with zero attached hydrogens (tertiary/aromatic N) is 2. The van der Waals surface area contributed by atoms with Crippen molar-refractivity contribution in [3.8, 4) is 0 Å². The topological polar surface area (TPSA) is 115 Å². The molecule has 0 fully saturated rings.